The highest BCUT2D eigenvalue weighted by Crippen LogP contribution is 2.13. The molecule has 0 aliphatic rings. The fraction of sp³-hybridized carbons (Fsp3) is 0.400. The second-order valence-electron chi connectivity index (χ2n) is 4.41. The molecule has 0 bridgehead atoms. The molecule has 0 saturated heterocycles. The van der Waals surface area contributed by atoms with Crippen LogP contribution in [0.15, 0.2) is 36.4 Å². The van der Waals surface area contributed by atoms with Gasteiger partial charge in [-0.05, 0) is 31.6 Å². The average molecular weight is 307 g/mol. The van der Waals surface area contributed by atoms with Gasteiger partial charge in [0.1, 0.15) is 0 Å². The van der Waals surface area contributed by atoms with Crippen LogP contribution < -0.4 is 0 Å². The molecular formula is C15H19BrN2. The van der Waals surface area contributed by atoms with Crippen LogP contribution in [0.3, 0.4) is 0 Å². The van der Waals surface area contributed by atoms with Crippen molar-refractivity contribution >= 4 is 26.8 Å². The maximum atomic E-state index is 4.72. The van der Waals surface area contributed by atoms with Crippen LogP contribution in [-0.2, 0) is 6.54 Å². The minimum atomic E-state index is 0.939. The molecule has 0 fully saturated rings. The number of halogens is 1. The van der Waals surface area contributed by atoms with E-state index in [1.807, 2.05) is 6.07 Å². The molecule has 0 saturated carbocycles. The standard InChI is InChI=1S/C15H19BrN2/c1-2-18(11-5-10-16)12-14-9-8-13-6-3-4-7-15(13)17-14/h3-4,6-9H,2,5,10-12H2,1H3. The molecule has 0 atom stereocenters. The first-order valence-electron chi connectivity index (χ1n) is 6.46. The summed E-state index contributed by atoms with van der Waals surface area (Å²) in [5.41, 5.74) is 2.25. The van der Waals surface area contributed by atoms with Gasteiger partial charge in [-0.2, -0.15) is 0 Å². The first-order valence-corrected chi connectivity index (χ1v) is 7.58. The lowest BCUT2D eigenvalue weighted by molar-refractivity contribution is 0.279. The Balaban J connectivity index is 2.10. The molecule has 1 aromatic heterocycles. The highest BCUT2D eigenvalue weighted by molar-refractivity contribution is 9.09. The Morgan fingerprint density at radius 3 is 2.78 bits per heavy atom. The summed E-state index contributed by atoms with van der Waals surface area (Å²) in [6.07, 6.45) is 1.18. The summed E-state index contributed by atoms with van der Waals surface area (Å²) in [7, 11) is 0. The molecule has 0 unspecified atom stereocenters. The van der Waals surface area contributed by atoms with Crippen LogP contribution in [0, 0.1) is 0 Å². The van der Waals surface area contributed by atoms with Gasteiger partial charge in [0.05, 0.1) is 11.2 Å². The Bertz CT molecular complexity index is 499. The maximum Gasteiger partial charge on any atom is 0.0705 e. The summed E-state index contributed by atoms with van der Waals surface area (Å²) in [5.74, 6) is 0. The van der Waals surface area contributed by atoms with Crippen LogP contribution in [0.2, 0.25) is 0 Å². The van der Waals surface area contributed by atoms with Gasteiger partial charge in [-0.3, -0.25) is 9.88 Å². The lowest BCUT2D eigenvalue weighted by atomic mass is 10.2. The minimum Gasteiger partial charge on any atom is -0.298 e. The molecule has 18 heavy (non-hydrogen) atoms. The van der Waals surface area contributed by atoms with Crippen molar-refractivity contribution < 1.29 is 0 Å². The van der Waals surface area contributed by atoms with Crippen molar-refractivity contribution in [3.63, 3.8) is 0 Å². The number of rotatable bonds is 6. The third-order valence-corrected chi connectivity index (χ3v) is 3.66. The van der Waals surface area contributed by atoms with E-state index in [-0.39, 0.29) is 0 Å². The van der Waals surface area contributed by atoms with E-state index in [0.717, 1.165) is 36.2 Å². The van der Waals surface area contributed by atoms with Crippen molar-refractivity contribution in [1.29, 1.82) is 0 Å². The smallest absolute Gasteiger partial charge is 0.0705 e. The van der Waals surface area contributed by atoms with Crippen molar-refractivity contribution in [3.05, 3.63) is 42.1 Å². The van der Waals surface area contributed by atoms with E-state index in [4.69, 9.17) is 4.98 Å². The number of hydrogen-bond donors (Lipinski definition) is 0. The first-order chi connectivity index (χ1) is 8.83. The van der Waals surface area contributed by atoms with Gasteiger partial charge in [0.15, 0.2) is 0 Å². The molecule has 0 N–H and O–H groups in total. The van der Waals surface area contributed by atoms with Gasteiger partial charge in [-0.1, -0.05) is 47.1 Å². The van der Waals surface area contributed by atoms with Crippen LogP contribution >= 0.6 is 15.9 Å². The van der Waals surface area contributed by atoms with E-state index in [1.54, 1.807) is 0 Å². The number of benzene rings is 1. The molecule has 0 aliphatic carbocycles. The third kappa shape index (κ3) is 3.53. The van der Waals surface area contributed by atoms with E-state index in [9.17, 15) is 0 Å². The van der Waals surface area contributed by atoms with Crippen molar-refractivity contribution in [3.8, 4) is 0 Å². The highest BCUT2D eigenvalue weighted by atomic mass is 79.9. The zero-order valence-corrected chi connectivity index (χ0v) is 12.4. The zero-order chi connectivity index (χ0) is 12.8. The van der Waals surface area contributed by atoms with Crippen LogP contribution in [0.25, 0.3) is 10.9 Å². The maximum absolute atomic E-state index is 4.72. The molecule has 0 spiro atoms. The van der Waals surface area contributed by atoms with Gasteiger partial charge in [0.2, 0.25) is 0 Å². The largest absolute Gasteiger partial charge is 0.298 e. The fourth-order valence-corrected chi connectivity index (χ4v) is 2.31. The monoisotopic (exact) mass is 306 g/mol. The molecule has 0 amide bonds. The van der Waals surface area contributed by atoms with E-state index in [1.165, 1.54) is 11.8 Å². The van der Waals surface area contributed by atoms with Crippen molar-refractivity contribution in [2.24, 2.45) is 0 Å². The summed E-state index contributed by atoms with van der Waals surface area (Å²) in [5, 5.41) is 2.28. The van der Waals surface area contributed by atoms with Crippen LogP contribution in [-0.4, -0.2) is 28.3 Å². The molecule has 96 valence electrons. The molecular weight excluding hydrogens is 288 g/mol. The van der Waals surface area contributed by atoms with E-state index >= 15 is 0 Å². The Hall–Kier alpha value is -0.930. The van der Waals surface area contributed by atoms with Crippen molar-refractivity contribution in [2.45, 2.75) is 19.9 Å². The zero-order valence-electron chi connectivity index (χ0n) is 10.8. The Kier molecular flexibility index (Phi) is 5.14. The third-order valence-electron chi connectivity index (χ3n) is 3.10. The first kappa shape index (κ1) is 13.5. The fourth-order valence-electron chi connectivity index (χ4n) is 2.06. The van der Waals surface area contributed by atoms with Gasteiger partial charge in [0, 0.05) is 17.3 Å². The second kappa shape index (κ2) is 6.86. The Morgan fingerprint density at radius 1 is 1.17 bits per heavy atom. The summed E-state index contributed by atoms with van der Waals surface area (Å²) in [6, 6.07) is 12.6. The predicted octanol–water partition coefficient (Wildman–Crippen LogP) is 3.84. The molecule has 0 aliphatic heterocycles. The van der Waals surface area contributed by atoms with Crippen molar-refractivity contribution in [2.75, 3.05) is 18.4 Å². The number of pyridine rings is 1. The molecule has 2 rings (SSSR count). The van der Waals surface area contributed by atoms with Gasteiger partial charge < -0.3 is 0 Å². The minimum absolute atomic E-state index is 0.939. The SMILES string of the molecule is CCN(CCCBr)Cc1ccc2ccccc2n1. The lowest BCUT2D eigenvalue weighted by Crippen LogP contribution is -2.24. The van der Waals surface area contributed by atoms with Crippen LogP contribution in [0.4, 0.5) is 0 Å². The second-order valence-corrected chi connectivity index (χ2v) is 5.20. The van der Waals surface area contributed by atoms with Gasteiger partial charge >= 0.3 is 0 Å². The molecule has 2 nitrogen and oxygen atoms in total. The number of hydrogen-bond acceptors (Lipinski definition) is 2. The summed E-state index contributed by atoms with van der Waals surface area (Å²) in [6.45, 7) is 5.33. The van der Waals surface area contributed by atoms with E-state index in [2.05, 4.69) is 58.1 Å². The molecule has 2 aromatic rings. The summed E-state index contributed by atoms with van der Waals surface area (Å²) in [4.78, 5) is 7.15. The number of para-hydroxylation sites is 1. The summed E-state index contributed by atoms with van der Waals surface area (Å²) < 4.78 is 0. The molecule has 1 heterocycles. The molecule has 1 aromatic carbocycles. The number of aromatic nitrogens is 1. The highest BCUT2D eigenvalue weighted by Gasteiger charge is 2.05. The predicted molar refractivity (Wildman–Crippen MR) is 81.1 cm³/mol. The lowest BCUT2D eigenvalue weighted by Gasteiger charge is -2.19. The number of fused-ring (bicyclic) bond motifs is 1. The molecule has 3 heteroatoms. The van der Waals surface area contributed by atoms with Gasteiger partial charge in [0.25, 0.3) is 0 Å². The number of nitrogens with zero attached hydrogens (tertiary/aromatic N) is 2. The topological polar surface area (TPSA) is 16.1 Å². The van der Waals surface area contributed by atoms with E-state index < -0.39 is 0 Å². The molecule has 0 radical (unpaired) electrons. The normalized spacial score (nSPS) is 11.3. The van der Waals surface area contributed by atoms with Crippen LogP contribution in [0.1, 0.15) is 19.0 Å². The van der Waals surface area contributed by atoms with Gasteiger partial charge in [-0.25, -0.2) is 0 Å². The number of alkyl halides is 1. The Labute approximate surface area is 117 Å². The quantitative estimate of drug-likeness (QED) is 0.754. The van der Waals surface area contributed by atoms with Crippen molar-refractivity contribution in [1.82, 2.24) is 9.88 Å². The van der Waals surface area contributed by atoms with E-state index in [0.29, 0.717) is 0 Å². The summed E-state index contributed by atoms with van der Waals surface area (Å²) >= 11 is 3.48. The van der Waals surface area contributed by atoms with Gasteiger partial charge in [-0.15, -0.1) is 0 Å². The average Bonchev–Trinajstić information content (AvgIpc) is 2.43. The Morgan fingerprint density at radius 2 is 2.00 bits per heavy atom. The van der Waals surface area contributed by atoms with Crippen LogP contribution in [0.5, 0.6) is 0 Å².